The molecule has 0 saturated heterocycles. The summed E-state index contributed by atoms with van der Waals surface area (Å²) in [7, 11) is -2.84. The fourth-order valence-corrected chi connectivity index (χ4v) is 3.63. The van der Waals surface area contributed by atoms with Crippen molar-refractivity contribution in [3.8, 4) is 0 Å². The maximum atomic E-state index is 13.1. The minimum absolute atomic E-state index is 0.00432. The minimum atomic E-state index is -4.03. The highest BCUT2D eigenvalue weighted by molar-refractivity contribution is 7.92. The van der Waals surface area contributed by atoms with Crippen LogP contribution in [0.1, 0.15) is 26.5 Å². The van der Waals surface area contributed by atoms with Gasteiger partial charge in [0.15, 0.2) is 5.76 Å². The lowest BCUT2D eigenvalue weighted by Gasteiger charge is -2.12. The molecule has 0 spiro atoms. The number of amides is 1. The summed E-state index contributed by atoms with van der Waals surface area (Å²) < 4.78 is 50.3. The molecule has 10 heteroatoms. The van der Waals surface area contributed by atoms with Gasteiger partial charge in [-0.2, -0.15) is 0 Å². The Morgan fingerprint density at radius 2 is 1.83 bits per heavy atom. The van der Waals surface area contributed by atoms with Crippen LogP contribution in [0.25, 0.3) is 0 Å². The summed E-state index contributed by atoms with van der Waals surface area (Å²) in [5.41, 5.74) is 0.595. The number of benzene rings is 2. The molecule has 0 fully saturated rings. The van der Waals surface area contributed by atoms with Gasteiger partial charge in [0.25, 0.3) is 15.9 Å². The second kappa shape index (κ2) is 8.78. The van der Waals surface area contributed by atoms with Gasteiger partial charge in [0.05, 0.1) is 29.5 Å². The van der Waals surface area contributed by atoms with Crippen molar-refractivity contribution in [3.63, 3.8) is 0 Å². The average molecular weight is 432 g/mol. The summed E-state index contributed by atoms with van der Waals surface area (Å²) in [6.45, 7) is -0.00432. The standard InChI is InChI=1S/C20H17FN2O6S/c1-28-20(25)14-9-13(12-22-19(24)18-3-2-8-29-18)10-16(11-14)23-30(26,27)17-6-4-15(21)5-7-17/h2-11,23H,12H2,1H3,(H,22,24). The van der Waals surface area contributed by atoms with Crippen molar-refractivity contribution in [2.45, 2.75) is 11.4 Å². The average Bonchev–Trinajstić information content (AvgIpc) is 3.26. The topological polar surface area (TPSA) is 115 Å². The molecule has 1 aromatic heterocycles. The summed E-state index contributed by atoms with van der Waals surface area (Å²) in [6.07, 6.45) is 1.36. The number of hydrogen-bond acceptors (Lipinski definition) is 6. The predicted octanol–water partition coefficient (Wildman–Crippen LogP) is 2.94. The van der Waals surface area contributed by atoms with Gasteiger partial charge in [0.1, 0.15) is 5.82 Å². The van der Waals surface area contributed by atoms with Crippen molar-refractivity contribution in [1.82, 2.24) is 5.32 Å². The number of nitrogens with one attached hydrogen (secondary N) is 2. The number of sulfonamides is 1. The highest BCUT2D eigenvalue weighted by Gasteiger charge is 2.17. The van der Waals surface area contributed by atoms with Crippen LogP contribution in [0.2, 0.25) is 0 Å². The molecule has 0 bridgehead atoms. The highest BCUT2D eigenvalue weighted by atomic mass is 32.2. The zero-order valence-corrected chi connectivity index (χ0v) is 16.5. The van der Waals surface area contributed by atoms with Gasteiger partial charge in [-0.05, 0) is 60.2 Å². The van der Waals surface area contributed by atoms with Crippen LogP contribution in [0, 0.1) is 5.82 Å². The third kappa shape index (κ3) is 5.03. The summed E-state index contributed by atoms with van der Waals surface area (Å²) in [5, 5.41) is 2.61. The quantitative estimate of drug-likeness (QED) is 0.555. The lowest BCUT2D eigenvalue weighted by atomic mass is 10.1. The van der Waals surface area contributed by atoms with Crippen molar-refractivity contribution in [2.75, 3.05) is 11.8 Å². The van der Waals surface area contributed by atoms with Gasteiger partial charge in [-0.3, -0.25) is 9.52 Å². The Balaban J connectivity index is 1.86. The Kier molecular flexibility index (Phi) is 6.17. The van der Waals surface area contributed by atoms with Crippen LogP contribution in [-0.4, -0.2) is 27.4 Å². The molecule has 30 heavy (non-hydrogen) atoms. The minimum Gasteiger partial charge on any atom is -0.465 e. The fourth-order valence-electron chi connectivity index (χ4n) is 2.59. The Hall–Kier alpha value is -3.66. The van der Waals surface area contributed by atoms with E-state index in [1.807, 2.05) is 0 Å². The summed E-state index contributed by atoms with van der Waals surface area (Å²) in [5.74, 6) is -1.62. The number of carbonyl (C=O) groups is 2. The van der Waals surface area contributed by atoms with Gasteiger partial charge >= 0.3 is 5.97 Å². The van der Waals surface area contributed by atoms with E-state index < -0.39 is 27.7 Å². The molecule has 3 rings (SSSR count). The molecule has 0 atom stereocenters. The van der Waals surface area contributed by atoms with Crippen LogP contribution in [0.5, 0.6) is 0 Å². The first kappa shape index (κ1) is 21.1. The summed E-state index contributed by atoms with van der Waals surface area (Å²) in [4.78, 5) is 23.9. The molecule has 0 aliphatic heterocycles. The molecule has 1 amide bonds. The number of rotatable bonds is 7. The molecule has 8 nitrogen and oxygen atoms in total. The van der Waals surface area contributed by atoms with Gasteiger partial charge in [-0.1, -0.05) is 0 Å². The van der Waals surface area contributed by atoms with E-state index in [2.05, 4.69) is 10.0 Å². The van der Waals surface area contributed by atoms with Crippen molar-refractivity contribution < 1.29 is 31.6 Å². The predicted molar refractivity (Wildman–Crippen MR) is 105 cm³/mol. The molecule has 3 aromatic rings. The first-order chi connectivity index (χ1) is 14.3. The Morgan fingerprint density at radius 3 is 2.47 bits per heavy atom. The number of esters is 1. The smallest absolute Gasteiger partial charge is 0.337 e. The summed E-state index contributed by atoms with van der Waals surface area (Å²) in [6, 6.07) is 11.5. The molecule has 0 unspecified atom stereocenters. The zero-order valence-electron chi connectivity index (χ0n) is 15.7. The third-order valence-electron chi connectivity index (χ3n) is 3.99. The number of carbonyl (C=O) groups excluding carboxylic acids is 2. The molecular weight excluding hydrogens is 415 g/mol. The van der Waals surface area contributed by atoms with Gasteiger partial charge in [-0.25, -0.2) is 17.6 Å². The normalized spacial score (nSPS) is 11.0. The molecule has 0 saturated carbocycles. The highest BCUT2D eigenvalue weighted by Crippen LogP contribution is 2.21. The first-order valence-corrected chi connectivity index (χ1v) is 10.1. The van der Waals surface area contributed by atoms with E-state index in [0.29, 0.717) is 5.56 Å². The van der Waals surface area contributed by atoms with Crippen molar-refractivity contribution in [2.24, 2.45) is 0 Å². The SMILES string of the molecule is COC(=O)c1cc(CNC(=O)c2ccco2)cc(NS(=O)(=O)c2ccc(F)cc2)c1. The molecule has 156 valence electrons. The van der Waals surface area contributed by atoms with Crippen molar-refractivity contribution >= 4 is 27.6 Å². The molecule has 2 aromatic carbocycles. The van der Waals surface area contributed by atoms with E-state index in [1.54, 1.807) is 6.07 Å². The van der Waals surface area contributed by atoms with E-state index in [0.717, 1.165) is 24.3 Å². The largest absolute Gasteiger partial charge is 0.465 e. The molecule has 1 heterocycles. The van der Waals surface area contributed by atoms with E-state index in [-0.39, 0.29) is 28.5 Å². The number of methoxy groups -OCH3 is 1. The Labute approximate surface area is 171 Å². The maximum absolute atomic E-state index is 13.1. The van der Waals surface area contributed by atoms with Gasteiger partial charge in [0, 0.05) is 6.54 Å². The van der Waals surface area contributed by atoms with Gasteiger partial charge < -0.3 is 14.5 Å². The molecule has 0 radical (unpaired) electrons. The summed E-state index contributed by atoms with van der Waals surface area (Å²) >= 11 is 0. The second-order valence-corrected chi connectivity index (χ2v) is 7.81. The number of anilines is 1. The number of halogens is 1. The number of hydrogen-bond donors (Lipinski definition) is 2. The number of furan rings is 1. The lowest BCUT2D eigenvalue weighted by molar-refractivity contribution is 0.0600. The van der Waals surface area contributed by atoms with Crippen LogP contribution in [0.3, 0.4) is 0 Å². The van der Waals surface area contributed by atoms with Crippen LogP contribution in [-0.2, 0) is 21.3 Å². The van der Waals surface area contributed by atoms with E-state index in [4.69, 9.17) is 9.15 Å². The third-order valence-corrected chi connectivity index (χ3v) is 5.39. The van der Waals surface area contributed by atoms with Crippen LogP contribution in [0.15, 0.2) is 70.2 Å². The maximum Gasteiger partial charge on any atom is 0.337 e. The van der Waals surface area contributed by atoms with Crippen LogP contribution in [0.4, 0.5) is 10.1 Å². The van der Waals surface area contributed by atoms with Crippen molar-refractivity contribution in [1.29, 1.82) is 0 Å². The van der Waals surface area contributed by atoms with E-state index in [1.165, 1.54) is 37.6 Å². The van der Waals surface area contributed by atoms with Gasteiger partial charge in [0.2, 0.25) is 0 Å². The second-order valence-electron chi connectivity index (χ2n) is 6.13. The lowest BCUT2D eigenvalue weighted by Crippen LogP contribution is -2.22. The fraction of sp³-hybridized carbons (Fsp3) is 0.100. The molecule has 2 N–H and O–H groups in total. The Bertz CT molecular complexity index is 1160. The van der Waals surface area contributed by atoms with Gasteiger partial charge in [-0.15, -0.1) is 0 Å². The van der Waals surface area contributed by atoms with Crippen molar-refractivity contribution in [3.05, 3.63) is 83.6 Å². The molecular formula is C20H17FN2O6S. The Morgan fingerprint density at radius 1 is 1.10 bits per heavy atom. The van der Waals surface area contributed by atoms with E-state index in [9.17, 15) is 22.4 Å². The van der Waals surface area contributed by atoms with E-state index >= 15 is 0 Å². The molecule has 0 aliphatic rings. The first-order valence-electron chi connectivity index (χ1n) is 8.61. The van der Waals surface area contributed by atoms with Crippen LogP contribution < -0.4 is 10.0 Å². The molecule has 0 aliphatic carbocycles. The van der Waals surface area contributed by atoms with Crippen LogP contribution >= 0.6 is 0 Å². The zero-order chi connectivity index (χ0) is 21.7. The monoisotopic (exact) mass is 432 g/mol. The number of ether oxygens (including phenoxy) is 1.